The van der Waals surface area contributed by atoms with Crippen molar-refractivity contribution in [3.8, 4) is 5.75 Å². The Morgan fingerprint density at radius 2 is 1.70 bits per heavy atom. The summed E-state index contributed by atoms with van der Waals surface area (Å²) in [5, 5.41) is 0. The van der Waals surface area contributed by atoms with Crippen molar-refractivity contribution in [2.75, 3.05) is 20.8 Å². The van der Waals surface area contributed by atoms with Crippen molar-refractivity contribution in [2.24, 2.45) is 5.41 Å². The number of benzene rings is 2. The molecule has 0 aliphatic heterocycles. The van der Waals surface area contributed by atoms with E-state index in [0.29, 0.717) is 17.7 Å². The van der Waals surface area contributed by atoms with E-state index in [1.165, 1.54) is 14.2 Å². The highest BCUT2D eigenvalue weighted by Crippen LogP contribution is 2.42. The first-order valence-corrected chi connectivity index (χ1v) is 11.4. The van der Waals surface area contributed by atoms with Gasteiger partial charge in [0.1, 0.15) is 11.3 Å². The Morgan fingerprint density at radius 1 is 1.03 bits per heavy atom. The Kier molecular flexibility index (Phi) is 6.83. The highest BCUT2D eigenvalue weighted by atomic mass is 32.2. The summed E-state index contributed by atoms with van der Waals surface area (Å²) in [5.41, 5.74) is 2.06. The predicted octanol–water partition coefficient (Wildman–Crippen LogP) is 4.30. The quantitative estimate of drug-likeness (QED) is 0.457. The molecule has 6 nitrogen and oxygen atoms in total. The van der Waals surface area contributed by atoms with Crippen LogP contribution in [0.5, 0.6) is 5.75 Å². The van der Waals surface area contributed by atoms with Crippen LogP contribution in [0.4, 0.5) is 0 Å². The van der Waals surface area contributed by atoms with E-state index in [0.717, 1.165) is 36.8 Å². The van der Waals surface area contributed by atoms with E-state index in [1.807, 2.05) is 19.1 Å². The van der Waals surface area contributed by atoms with Crippen molar-refractivity contribution in [1.82, 2.24) is 0 Å². The Labute approximate surface area is 178 Å². The Morgan fingerprint density at radius 3 is 2.30 bits per heavy atom. The summed E-state index contributed by atoms with van der Waals surface area (Å²) < 4.78 is 41.0. The molecule has 1 aliphatic rings. The number of carbonyl (C=O) groups excluding carboxylic acids is 1. The van der Waals surface area contributed by atoms with Crippen LogP contribution in [0.15, 0.2) is 47.4 Å². The third-order valence-corrected chi connectivity index (χ3v) is 7.02. The predicted molar refractivity (Wildman–Crippen MR) is 113 cm³/mol. The first kappa shape index (κ1) is 22.3. The Hall–Kier alpha value is -2.38. The van der Waals surface area contributed by atoms with Gasteiger partial charge in [-0.2, -0.15) is 8.42 Å². The topological polar surface area (TPSA) is 78.9 Å². The number of carbonyl (C=O) groups is 1. The highest BCUT2D eigenvalue weighted by molar-refractivity contribution is 7.86. The lowest BCUT2D eigenvalue weighted by molar-refractivity contribution is 0.0597. The van der Waals surface area contributed by atoms with E-state index in [1.54, 1.807) is 30.3 Å². The molecule has 0 saturated heterocycles. The Balaban J connectivity index is 1.78. The minimum absolute atomic E-state index is 0.129. The maximum atomic E-state index is 12.7. The molecule has 1 aliphatic carbocycles. The summed E-state index contributed by atoms with van der Waals surface area (Å²) in [6.45, 7) is 2.04. The smallest absolute Gasteiger partial charge is 0.341 e. The molecule has 0 amide bonds. The molecule has 0 atom stereocenters. The molecule has 0 aromatic heterocycles. The molecule has 0 bridgehead atoms. The summed E-state index contributed by atoms with van der Waals surface area (Å²) in [6.07, 6.45) is 4.49. The number of rotatable bonds is 8. The van der Waals surface area contributed by atoms with Crippen LogP contribution >= 0.6 is 0 Å². The molecular weight excluding hydrogens is 404 g/mol. The Bertz CT molecular complexity index is 989. The van der Waals surface area contributed by atoms with Gasteiger partial charge >= 0.3 is 5.97 Å². The van der Waals surface area contributed by atoms with Crippen molar-refractivity contribution in [3.05, 3.63) is 59.2 Å². The van der Waals surface area contributed by atoms with Crippen molar-refractivity contribution < 1.29 is 26.9 Å². The number of hydrogen-bond acceptors (Lipinski definition) is 6. The van der Waals surface area contributed by atoms with E-state index in [4.69, 9.17) is 13.7 Å². The molecule has 1 saturated carbocycles. The zero-order valence-electron chi connectivity index (χ0n) is 17.6. The molecule has 1 fully saturated rings. The van der Waals surface area contributed by atoms with E-state index in [-0.39, 0.29) is 16.9 Å². The maximum Gasteiger partial charge on any atom is 0.341 e. The monoisotopic (exact) mass is 432 g/mol. The second-order valence-electron chi connectivity index (χ2n) is 7.94. The van der Waals surface area contributed by atoms with E-state index < -0.39 is 16.1 Å². The number of methoxy groups -OCH3 is 2. The zero-order chi connectivity index (χ0) is 21.8. The number of ether oxygens (including phenoxy) is 2. The number of esters is 1. The molecule has 30 heavy (non-hydrogen) atoms. The molecule has 0 heterocycles. The van der Waals surface area contributed by atoms with Crippen molar-refractivity contribution in [3.63, 3.8) is 0 Å². The molecule has 0 N–H and O–H groups in total. The molecule has 2 aromatic carbocycles. The third-order valence-electron chi connectivity index (χ3n) is 5.74. The molecule has 3 rings (SSSR count). The van der Waals surface area contributed by atoms with Crippen molar-refractivity contribution in [2.45, 2.75) is 43.9 Å². The van der Waals surface area contributed by atoms with Gasteiger partial charge in [-0.05, 0) is 61.4 Å². The third kappa shape index (κ3) is 5.02. The van der Waals surface area contributed by atoms with Gasteiger partial charge in [-0.15, -0.1) is 0 Å². The van der Waals surface area contributed by atoms with Crippen LogP contribution in [-0.4, -0.2) is 35.2 Å². The highest BCUT2D eigenvalue weighted by Gasteiger charge is 2.36. The summed E-state index contributed by atoms with van der Waals surface area (Å²) in [7, 11) is -0.978. The van der Waals surface area contributed by atoms with Crippen LogP contribution in [0.2, 0.25) is 0 Å². The average molecular weight is 433 g/mol. The van der Waals surface area contributed by atoms with Crippen molar-refractivity contribution in [1.29, 1.82) is 0 Å². The lowest BCUT2D eigenvalue weighted by atomic mass is 9.80. The van der Waals surface area contributed by atoms with Gasteiger partial charge < -0.3 is 9.47 Å². The molecule has 2 aromatic rings. The van der Waals surface area contributed by atoms with Crippen LogP contribution < -0.4 is 4.74 Å². The van der Waals surface area contributed by atoms with Crippen LogP contribution in [0, 0.1) is 12.3 Å². The minimum atomic E-state index is -3.81. The number of hydrogen-bond donors (Lipinski definition) is 0. The summed E-state index contributed by atoms with van der Waals surface area (Å²) in [5.74, 6) is -0.0119. The molecule has 0 radical (unpaired) electrons. The molecule has 0 unspecified atom stereocenters. The fourth-order valence-electron chi connectivity index (χ4n) is 4.03. The first-order valence-electron chi connectivity index (χ1n) is 10.00. The van der Waals surface area contributed by atoms with E-state index in [2.05, 4.69) is 0 Å². The van der Waals surface area contributed by atoms with Gasteiger partial charge in [-0.1, -0.05) is 36.6 Å². The normalized spacial score (nSPS) is 15.7. The first-order chi connectivity index (χ1) is 14.3. The van der Waals surface area contributed by atoms with Crippen LogP contribution in [-0.2, 0) is 25.5 Å². The van der Waals surface area contributed by atoms with Crippen LogP contribution in [0.1, 0.15) is 47.2 Å². The van der Waals surface area contributed by atoms with E-state index in [9.17, 15) is 13.2 Å². The second kappa shape index (κ2) is 9.18. The second-order valence-corrected chi connectivity index (χ2v) is 9.55. The van der Waals surface area contributed by atoms with Gasteiger partial charge in [0.05, 0.1) is 25.7 Å². The largest absolute Gasteiger partial charge is 0.496 e. The zero-order valence-corrected chi connectivity index (χ0v) is 18.5. The van der Waals surface area contributed by atoms with Crippen LogP contribution in [0.25, 0.3) is 0 Å². The molecule has 162 valence electrons. The molecular formula is C23H28O6S. The standard InChI is InChI=1S/C23H28O6S/c1-17-6-9-19(10-7-17)30(25,26)29-16-23(12-4-5-13-23)15-18-8-11-20(22(24)28-3)21(14-18)27-2/h6-11,14H,4-5,12-13,15-16H2,1-3H3. The van der Waals surface area contributed by atoms with E-state index >= 15 is 0 Å². The lowest BCUT2D eigenvalue weighted by Gasteiger charge is -2.29. The van der Waals surface area contributed by atoms with Gasteiger partial charge in [0.25, 0.3) is 10.1 Å². The van der Waals surface area contributed by atoms with Gasteiger partial charge in [-0.25, -0.2) is 4.79 Å². The molecule has 0 spiro atoms. The van der Waals surface area contributed by atoms with Crippen LogP contribution in [0.3, 0.4) is 0 Å². The average Bonchev–Trinajstić information content (AvgIpc) is 3.21. The van der Waals surface area contributed by atoms with Crippen molar-refractivity contribution >= 4 is 16.1 Å². The fourth-order valence-corrected chi connectivity index (χ4v) is 5.04. The molecule has 7 heteroatoms. The lowest BCUT2D eigenvalue weighted by Crippen LogP contribution is -2.28. The number of aryl methyl sites for hydroxylation is 1. The van der Waals surface area contributed by atoms with Gasteiger partial charge in [0.2, 0.25) is 0 Å². The van der Waals surface area contributed by atoms with Gasteiger partial charge in [0.15, 0.2) is 0 Å². The van der Waals surface area contributed by atoms with Gasteiger partial charge in [-0.3, -0.25) is 4.18 Å². The fraction of sp³-hybridized carbons (Fsp3) is 0.435. The SMILES string of the molecule is COC(=O)c1ccc(CC2(COS(=O)(=O)c3ccc(C)cc3)CCCC2)cc1OC. The summed E-state index contributed by atoms with van der Waals surface area (Å²) in [6, 6.07) is 12.0. The summed E-state index contributed by atoms with van der Waals surface area (Å²) in [4.78, 5) is 12.1. The maximum absolute atomic E-state index is 12.7. The minimum Gasteiger partial charge on any atom is -0.496 e. The van der Waals surface area contributed by atoms with Gasteiger partial charge in [0, 0.05) is 0 Å². The summed E-state index contributed by atoms with van der Waals surface area (Å²) >= 11 is 0.